The quantitative estimate of drug-likeness (QED) is 0.701. The normalized spacial score (nSPS) is 22.8. The van der Waals surface area contributed by atoms with Gasteiger partial charge in [0.25, 0.3) is 0 Å². The van der Waals surface area contributed by atoms with Gasteiger partial charge in [-0.2, -0.15) is 11.8 Å². The molecule has 6 heteroatoms. The van der Waals surface area contributed by atoms with Crippen LogP contribution < -0.4 is 5.73 Å². The Kier molecular flexibility index (Phi) is 4.17. The van der Waals surface area contributed by atoms with E-state index in [4.69, 9.17) is 5.73 Å². The van der Waals surface area contributed by atoms with Crippen LogP contribution in [0.3, 0.4) is 0 Å². The van der Waals surface area contributed by atoms with E-state index in [9.17, 15) is 9.59 Å². The molecule has 2 aliphatic rings. The van der Waals surface area contributed by atoms with Gasteiger partial charge in [-0.05, 0) is 19.1 Å². The summed E-state index contributed by atoms with van der Waals surface area (Å²) in [6.45, 7) is 4.33. The lowest BCUT2D eigenvalue weighted by atomic mass is 10.0. The molecule has 1 saturated carbocycles. The summed E-state index contributed by atoms with van der Waals surface area (Å²) in [5.74, 6) is 0.635. The standard InChI is InChI=1S/C12H21N3O2S/c1-18-9-8-14-4-6-15(7-5-14)11(17)12(2-3-12)10(13)16/h2-9H2,1H3,(H2,13,16). The number of piperazine rings is 1. The van der Waals surface area contributed by atoms with Crippen molar-refractivity contribution in [2.45, 2.75) is 12.8 Å². The summed E-state index contributed by atoms with van der Waals surface area (Å²) >= 11 is 1.84. The molecular weight excluding hydrogens is 250 g/mol. The molecule has 0 aromatic heterocycles. The summed E-state index contributed by atoms with van der Waals surface area (Å²) in [6.07, 6.45) is 3.37. The van der Waals surface area contributed by atoms with Gasteiger partial charge in [-0.25, -0.2) is 0 Å². The Labute approximate surface area is 112 Å². The summed E-state index contributed by atoms with van der Waals surface area (Å²) in [7, 11) is 0. The van der Waals surface area contributed by atoms with Crippen LogP contribution in [0, 0.1) is 5.41 Å². The highest BCUT2D eigenvalue weighted by Crippen LogP contribution is 2.47. The number of primary amides is 1. The maximum absolute atomic E-state index is 12.2. The highest BCUT2D eigenvalue weighted by molar-refractivity contribution is 7.98. The van der Waals surface area contributed by atoms with Crippen LogP contribution in [0.1, 0.15) is 12.8 Å². The van der Waals surface area contributed by atoms with E-state index in [0.717, 1.165) is 38.5 Å². The number of carbonyl (C=O) groups excluding carboxylic acids is 2. The van der Waals surface area contributed by atoms with E-state index in [1.807, 2.05) is 16.7 Å². The molecule has 1 aliphatic heterocycles. The second-order valence-corrected chi connectivity index (χ2v) is 6.06. The SMILES string of the molecule is CSCCN1CCN(C(=O)C2(C(N)=O)CC2)CC1. The van der Waals surface area contributed by atoms with Crippen LogP contribution in [0.25, 0.3) is 0 Å². The lowest BCUT2D eigenvalue weighted by Gasteiger charge is -2.36. The summed E-state index contributed by atoms with van der Waals surface area (Å²) in [5, 5.41) is 0. The zero-order valence-corrected chi connectivity index (χ0v) is 11.7. The van der Waals surface area contributed by atoms with E-state index in [1.54, 1.807) is 0 Å². The topological polar surface area (TPSA) is 66.6 Å². The number of amides is 2. The Bertz CT molecular complexity index is 336. The van der Waals surface area contributed by atoms with Gasteiger partial charge in [-0.3, -0.25) is 14.5 Å². The van der Waals surface area contributed by atoms with Crippen molar-refractivity contribution in [1.82, 2.24) is 9.80 Å². The molecule has 0 aromatic carbocycles. The van der Waals surface area contributed by atoms with Crippen molar-refractivity contribution >= 4 is 23.6 Å². The van der Waals surface area contributed by atoms with Crippen molar-refractivity contribution in [3.8, 4) is 0 Å². The van der Waals surface area contributed by atoms with E-state index in [-0.39, 0.29) is 5.91 Å². The minimum atomic E-state index is -0.846. The van der Waals surface area contributed by atoms with Crippen LogP contribution in [0.5, 0.6) is 0 Å². The van der Waals surface area contributed by atoms with Crippen LogP contribution in [-0.4, -0.2) is 66.3 Å². The zero-order chi connectivity index (χ0) is 13.2. The third-order valence-corrected chi connectivity index (χ3v) is 4.49. The van der Waals surface area contributed by atoms with Crippen molar-refractivity contribution in [2.24, 2.45) is 11.1 Å². The van der Waals surface area contributed by atoms with E-state index >= 15 is 0 Å². The third kappa shape index (κ3) is 2.64. The van der Waals surface area contributed by atoms with Gasteiger partial charge in [0.2, 0.25) is 11.8 Å². The van der Waals surface area contributed by atoms with Gasteiger partial charge in [0.1, 0.15) is 5.41 Å². The molecule has 2 amide bonds. The van der Waals surface area contributed by atoms with Crippen LogP contribution in [0.2, 0.25) is 0 Å². The van der Waals surface area contributed by atoms with Gasteiger partial charge < -0.3 is 10.6 Å². The van der Waals surface area contributed by atoms with Gasteiger partial charge >= 0.3 is 0 Å². The first-order valence-electron chi connectivity index (χ1n) is 6.41. The van der Waals surface area contributed by atoms with E-state index in [2.05, 4.69) is 11.2 Å². The molecule has 0 radical (unpaired) electrons. The summed E-state index contributed by atoms with van der Waals surface area (Å²) in [6, 6.07) is 0. The summed E-state index contributed by atoms with van der Waals surface area (Å²) in [4.78, 5) is 27.8. The smallest absolute Gasteiger partial charge is 0.238 e. The first kappa shape index (κ1) is 13.7. The van der Waals surface area contributed by atoms with Crippen LogP contribution >= 0.6 is 11.8 Å². The average molecular weight is 271 g/mol. The molecule has 0 spiro atoms. The Morgan fingerprint density at radius 2 is 1.83 bits per heavy atom. The monoisotopic (exact) mass is 271 g/mol. The van der Waals surface area contributed by atoms with E-state index in [1.165, 1.54) is 0 Å². The molecule has 0 aromatic rings. The Morgan fingerprint density at radius 3 is 2.28 bits per heavy atom. The molecule has 1 aliphatic carbocycles. The Morgan fingerprint density at radius 1 is 1.22 bits per heavy atom. The van der Waals surface area contributed by atoms with Gasteiger partial charge in [0.15, 0.2) is 0 Å². The van der Waals surface area contributed by atoms with E-state index in [0.29, 0.717) is 12.8 Å². The maximum atomic E-state index is 12.2. The van der Waals surface area contributed by atoms with Crippen molar-refractivity contribution in [2.75, 3.05) is 44.7 Å². The van der Waals surface area contributed by atoms with Crippen molar-refractivity contribution in [3.63, 3.8) is 0 Å². The first-order chi connectivity index (χ1) is 8.60. The number of hydrogen-bond donors (Lipinski definition) is 1. The molecule has 1 heterocycles. The largest absolute Gasteiger partial charge is 0.369 e. The molecule has 0 atom stereocenters. The second-order valence-electron chi connectivity index (χ2n) is 5.07. The molecule has 2 fully saturated rings. The Hall–Kier alpha value is -0.750. The highest BCUT2D eigenvalue weighted by atomic mass is 32.2. The molecular formula is C12H21N3O2S. The molecule has 0 unspecified atom stereocenters. The summed E-state index contributed by atoms with van der Waals surface area (Å²) < 4.78 is 0. The van der Waals surface area contributed by atoms with Crippen LogP contribution in [0.15, 0.2) is 0 Å². The predicted octanol–water partition coefficient (Wildman–Crippen LogP) is -0.241. The van der Waals surface area contributed by atoms with Gasteiger partial charge in [0, 0.05) is 38.5 Å². The zero-order valence-electron chi connectivity index (χ0n) is 10.9. The number of rotatable bonds is 5. The molecule has 102 valence electrons. The lowest BCUT2D eigenvalue weighted by molar-refractivity contribution is -0.144. The number of hydrogen-bond acceptors (Lipinski definition) is 4. The van der Waals surface area contributed by atoms with Gasteiger partial charge in [0.05, 0.1) is 0 Å². The molecule has 5 nitrogen and oxygen atoms in total. The number of nitrogens with two attached hydrogens (primary N) is 1. The number of carbonyl (C=O) groups is 2. The van der Waals surface area contributed by atoms with Gasteiger partial charge in [-0.15, -0.1) is 0 Å². The lowest BCUT2D eigenvalue weighted by Crippen LogP contribution is -2.53. The average Bonchev–Trinajstić information content (AvgIpc) is 3.17. The van der Waals surface area contributed by atoms with Crippen molar-refractivity contribution < 1.29 is 9.59 Å². The maximum Gasteiger partial charge on any atom is 0.238 e. The predicted molar refractivity (Wildman–Crippen MR) is 72.3 cm³/mol. The fourth-order valence-electron chi connectivity index (χ4n) is 2.39. The molecule has 2 N–H and O–H groups in total. The fraction of sp³-hybridized carbons (Fsp3) is 0.833. The minimum Gasteiger partial charge on any atom is -0.369 e. The Balaban J connectivity index is 1.83. The molecule has 2 rings (SSSR count). The minimum absolute atomic E-state index is 0.0421. The summed E-state index contributed by atoms with van der Waals surface area (Å²) in [5.41, 5.74) is 4.49. The molecule has 18 heavy (non-hydrogen) atoms. The fourth-order valence-corrected chi connectivity index (χ4v) is 2.83. The van der Waals surface area contributed by atoms with Crippen molar-refractivity contribution in [3.05, 3.63) is 0 Å². The first-order valence-corrected chi connectivity index (χ1v) is 7.80. The van der Waals surface area contributed by atoms with Crippen molar-refractivity contribution in [1.29, 1.82) is 0 Å². The molecule has 1 saturated heterocycles. The number of thioether (sulfide) groups is 1. The highest BCUT2D eigenvalue weighted by Gasteiger charge is 2.57. The third-order valence-electron chi connectivity index (χ3n) is 3.90. The van der Waals surface area contributed by atoms with E-state index < -0.39 is 11.3 Å². The number of nitrogens with zero attached hydrogens (tertiary/aromatic N) is 2. The van der Waals surface area contributed by atoms with Crippen LogP contribution in [-0.2, 0) is 9.59 Å². The molecule has 0 bridgehead atoms. The van der Waals surface area contributed by atoms with Crippen LogP contribution in [0.4, 0.5) is 0 Å². The van der Waals surface area contributed by atoms with Gasteiger partial charge in [-0.1, -0.05) is 0 Å². The second kappa shape index (κ2) is 5.48.